The van der Waals surface area contributed by atoms with E-state index in [1.165, 1.54) is 17.4 Å². The minimum absolute atomic E-state index is 0.0525. The maximum Gasteiger partial charge on any atom is 0.253 e. The lowest BCUT2D eigenvalue weighted by atomic mass is 9.97. The summed E-state index contributed by atoms with van der Waals surface area (Å²) in [6, 6.07) is 10.8. The molecule has 0 aliphatic carbocycles. The van der Waals surface area contributed by atoms with Gasteiger partial charge in [-0.25, -0.2) is 8.78 Å². The minimum atomic E-state index is -1.14. The Kier molecular flexibility index (Phi) is 12.6. The van der Waals surface area contributed by atoms with Crippen molar-refractivity contribution in [3.8, 4) is 0 Å². The van der Waals surface area contributed by atoms with Gasteiger partial charge in [0.25, 0.3) is 11.8 Å². The van der Waals surface area contributed by atoms with Crippen LogP contribution in [0.5, 0.6) is 0 Å². The maximum absolute atomic E-state index is 13.9. The molecule has 0 aliphatic rings. The van der Waals surface area contributed by atoms with E-state index in [-0.39, 0.29) is 48.7 Å². The third kappa shape index (κ3) is 10.0. The molecule has 0 spiro atoms. The molecule has 3 aromatic rings. The van der Waals surface area contributed by atoms with E-state index in [1.54, 1.807) is 24.0 Å². The monoisotopic (exact) mass is 599 g/mol. The molecule has 3 N–H and O–H groups in total. The number of aliphatic hydroxyl groups excluding tert-OH is 1. The van der Waals surface area contributed by atoms with Crippen LogP contribution in [0.1, 0.15) is 69.8 Å². The average molecular weight is 600 g/mol. The molecule has 226 valence electrons. The lowest BCUT2D eigenvalue weighted by molar-refractivity contribution is -0.120. The molecule has 3 amide bonds. The van der Waals surface area contributed by atoms with E-state index in [4.69, 9.17) is 0 Å². The van der Waals surface area contributed by atoms with Crippen LogP contribution in [-0.4, -0.2) is 59.5 Å². The summed E-state index contributed by atoms with van der Waals surface area (Å²) in [7, 11) is 0. The van der Waals surface area contributed by atoms with Crippen molar-refractivity contribution in [2.24, 2.45) is 0 Å². The Hall–Kier alpha value is -3.63. The predicted octanol–water partition coefficient (Wildman–Crippen LogP) is 5.05. The summed E-state index contributed by atoms with van der Waals surface area (Å²) in [5, 5.41) is 18.5. The highest BCUT2D eigenvalue weighted by atomic mass is 32.1. The van der Waals surface area contributed by atoms with E-state index in [0.717, 1.165) is 41.5 Å². The first-order valence-corrected chi connectivity index (χ1v) is 15.1. The van der Waals surface area contributed by atoms with Crippen molar-refractivity contribution in [2.75, 3.05) is 19.6 Å². The summed E-state index contributed by atoms with van der Waals surface area (Å²) >= 11 is 1.47. The minimum Gasteiger partial charge on any atom is -0.391 e. The van der Waals surface area contributed by atoms with Gasteiger partial charge in [0.2, 0.25) is 5.91 Å². The van der Waals surface area contributed by atoms with Crippen molar-refractivity contribution in [2.45, 2.75) is 65.0 Å². The molecule has 7 nitrogen and oxygen atoms in total. The van der Waals surface area contributed by atoms with Crippen LogP contribution in [0.4, 0.5) is 8.78 Å². The molecule has 0 radical (unpaired) electrons. The average Bonchev–Trinajstić information content (AvgIpc) is 3.44. The van der Waals surface area contributed by atoms with Gasteiger partial charge in [-0.05, 0) is 85.5 Å². The van der Waals surface area contributed by atoms with E-state index < -0.39 is 29.7 Å². The lowest BCUT2D eigenvalue weighted by Gasteiger charge is -2.25. The second kappa shape index (κ2) is 16.1. The molecule has 3 rings (SSSR count). The van der Waals surface area contributed by atoms with Crippen LogP contribution in [-0.2, 0) is 17.6 Å². The summed E-state index contributed by atoms with van der Waals surface area (Å²) in [5.41, 5.74) is 1.60. The van der Waals surface area contributed by atoms with Gasteiger partial charge >= 0.3 is 0 Å². The van der Waals surface area contributed by atoms with Crippen molar-refractivity contribution < 1.29 is 28.3 Å². The van der Waals surface area contributed by atoms with Crippen LogP contribution < -0.4 is 10.6 Å². The third-order valence-electron chi connectivity index (χ3n) is 6.70. The van der Waals surface area contributed by atoms with Crippen LogP contribution in [0.25, 0.3) is 0 Å². The van der Waals surface area contributed by atoms with Gasteiger partial charge in [0, 0.05) is 41.7 Å². The SMILES string of the molecule is CCCN(CCC)C(=O)c1cc(C)cc(C(=O)N[C@@H](Cc2cc(F)cc(F)c2)[C@@H](O)CCNC(=O)Cc2cccs2)c1. The number of carbonyl (C=O) groups is 3. The number of nitrogens with zero attached hydrogens (tertiary/aromatic N) is 1. The number of thiophene rings is 1. The van der Waals surface area contributed by atoms with E-state index in [0.29, 0.717) is 18.7 Å². The Morgan fingerprint density at radius 1 is 0.976 bits per heavy atom. The molecule has 0 aliphatic heterocycles. The number of amides is 3. The van der Waals surface area contributed by atoms with E-state index >= 15 is 0 Å². The summed E-state index contributed by atoms with van der Waals surface area (Å²) < 4.78 is 27.8. The van der Waals surface area contributed by atoms with E-state index in [9.17, 15) is 28.3 Å². The Bertz CT molecular complexity index is 1320. The van der Waals surface area contributed by atoms with Crippen LogP contribution in [0, 0.1) is 18.6 Å². The van der Waals surface area contributed by atoms with Crippen molar-refractivity contribution in [3.05, 3.63) is 92.7 Å². The highest BCUT2D eigenvalue weighted by Gasteiger charge is 2.24. The van der Waals surface area contributed by atoms with Crippen LogP contribution in [0.3, 0.4) is 0 Å². The van der Waals surface area contributed by atoms with Crippen LogP contribution >= 0.6 is 11.3 Å². The van der Waals surface area contributed by atoms with Crippen LogP contribution in [0.2, 0.25) is 0 Å². The molecule has 10 heteroatoms. The van der Waals surface area contributed by atoms with Crippen molar-refractivity contribution in [1.29, 1.82) is 0 Å². The van der Waals surface area contributed by atoms with Gasteiger partial charge in [0.15, 0.2) is 0 Å². The van der Waals surface area contributed by atoms with Crippen molar-refractivity contribution >= 4 is 29.1 Å². The summed E-state index contributed by atoms with van der Waals surface area (Å²) in [5.74, 6) is -2.43. The van der Waals surface area contributed by atoms with Gasteiger partial charge in [-0.15, -0.1) is 11.3 Å². The van der Waals surface area contributed by atoms with Gasteiger partial charge in [0.05, 0.1) is 18.6 Å². The first-order valence-electron chi connectivity index (χ1n) is 14.2. The molecule has 42 heavy (non-hydrogen) atoms. The molecule has 1 aromatic heterocycles. The summed E-state index contributed by atoms with van der Waals surface area (Å²) in [4.78, 5) is 41.6. The quantitative estimate of drug-likeness (QED) is 0.228. The fourth-order valence-electron chi connectivity index (χ4n) is 4.79. The zero-order chi connectivity index (χ0) is 30.6. The van der Waals surface area contributed by atoms with Gasteiger partial charge < -0.3 is 20.6 Å². The van der Waals surface area contributed by atoms with Crippen molar-refractivity contribution in [3.63, 3.8) is 0 Å². The number of nitrogens with one attached hydrogen (secondary N) is 2. The van der Waals surface area contributed by atoms with Gasteiger partial charge in [-0.3, -0.25) is 14.4 Å². The number of benzene rings is 2. The number of hydrogen-bond donors (Lipinski definition) is 3. The Morgan fingerprint density at radius 3 is 2.26 bits per heavy atom. The Morgan fingerprint density at radius 2 is 1.64 bits per heavy atom. The van der Waals surface area contributed by atoms with Gasteiger partial charge in [0.1, 0.15) is 11.6 Å². The van der Waals surface area contributed by atoms with E-state index in [2.05, 4.69) is 10.6 Å². The molecular formula is C32H39F2N3O4S. The highest BCUT2D eigenvalue weighted by molar-refractivity contribution is 7.10. The molecule has 2 aromatic carbocycles. The van der Waals surface area contributed by atoms with Crippen molar-refractivity contribution in [1.82, 2.24) is 15.5 Å². The molecule has 0 fully saturated rings. The van der Waals surface area contributed by atoms with Gasteiger partial charge in [-0.2, -0.15) is 0 Å². The number of halogens is 2. The van der Waals surface area contributed by atoms with Crippen LogP contribution in [0.15, 0.2) is 53.9 Å². The number of hydrogen-bond acceptors (Lipinski definition) is 5. The highest BCUT2D eigenvalue weighted by Crippen LogP contribution is 2.17. The molecule has 0 unspecified atom stereocenters. The fraction of sp³-hybridized carbons (Fsp3) is 0.406. The second-order valence-electron chi connectivity index (χ2n) is 10.4. The topological polar surface area (TPSA) is 98.7 Å². The smallest absolute Gasteiger partial charge is 0.253 e. The maximum atomic E-state index is 13.9. The van der Waals surface area contributed by atoms with E-state index in [1.807, 2.05) is 31.4 Å². The standard InChI is InChI=1S/C32H39F2N3O4S/c1-4-10-37(11-5-2)32(41)24-14-21(3)13-23(18-24)31(40)36-28(17-22-15-25(33)19-26(34)16-22)29(38)8-9-35-30(39)20-27-7-6-12-42-27/h6-7,12-16,18-19,28-29,38H,4-5,8-11,17,20H2,1-3H3,(H,35,39)(H,36,40)/t28-,29-/m0/s1. The number of aliphatic hydroxyl groups is 1. The summed E-state index contributed by atoms with van der Waals surface area (Å²) in [6.07, 6.45) is 0.735. The predicted molar refractivity (Wildman–Crippen MR) is 161 cm³/mol. The first-order chi connectivity index (χ1) is 20.1. The zero-order valence-electron chi connectivity index (χ0n) is 24.3. The zero-order valence-corrected chi connectivity index (χ0v) is 25.1. The largest absolute Gasteiger partial charge is 0.391 e. The lowest BCUT2D eigenvalue weighted by Crippen LogP contribution is -2.46. The molecule has 0 saturated heterocycles. The number of carbonyl (C=O) groups excluding carboxylic acids is 3. The Balaban J connectivity index is 1.76. The molecule has 1 heterocycles. The second-order valence-corrected chi connectivity index (χ2v) is 11.4. The third-order valence-corrected chi connectivity index (χ3v) is 7.57. The molecular weight excluding hydrogens is 560 g/mol. The number of aryl methyl sites for hydroxylation is 1. The molecule has 0 bridgehead atoms. The first kappa shape index (κ1) is 32.9. The Labute approximate surface area is 249 Å². The fourth-order valence-corrected chi connectivity index (χ4v) is 5.49. The normalized spacial score (nSPS) is 12.4. The molecule has 0 saturated carbocycles. The van der Waals surface area contributed by atoms with Gasteiger partial charge in [-0.1, -0.05) is 19.9 Å². The number of rotatable bonds is 15. The summed E-state index contributed by atoms with van der Waals surface area (Å²) in [6.45, 7) is 7.13. The molecule has 2 atom stereocenters.